The molecule has 2 rings (SSSR count). The fourth-order valence-corrected chi connectivity index (χ4v) is 3.31. The molecule has 0 radical (unpaired) electrons. The second-order valence-corrected chi connectivity index (χ2v) is 6.68. The molecule has 94 valence electrons. The van der Waals surface area contributed by atoms with Crippen LogP contribution in [0.25, 0.3) is 0 Å². The van der Waals surface area contributed by atoms with Crippen LogP contribution < -0.4 is 4.90 Å². The molecular weight excluding hydrogens is 260 g/mol. The number of nitrogens with zero attached hydrogens (tertiary/aromatic N) is 2. The molecule has 6 heteroatoms. The molecule has 0 unspecified atom stereocenters. The van der Waals surface area contributed by atoms with Gasteiger partial charge in [-0.3, -0.25) is 0 Å². The number of halogens is 1. The molecule has 0 aliphatic carbocycles. The highest BCUT2D eigenvalue weighted by molar-refractivity contribution is 7.91. The van der Waals surface area contributed by atoms with Crippen LogP contribution in [-0.4, -0.2) is 38.0 Å². The molecule has 1 fully saturated rings. The minimum Gasteiger partial charge on any atom is -0.356 e. The third kappa shape index (κ3) is 3.33. The average molecular weight is 275 g/mol. The van der Waals surface area contributed by atoms with Gasteiger partial charge in [0, 0.05) is 13.1 Å². The molecule has 1 aliphatic rings. The summed E-state index contributed by atoms with van der Waals surface area (Å²) >= 11 is 5.74. The summed E-state index contributed by atoms with van der Waals surface area (Å²) in [5.41, 5.74) is 0.816. The van der Waals surface area contributed by atoms with Crippen LogP contribution in [0.3, 0.4) is 0 Å². The van der Waals surface area contributed by atoms with Gasteiger partial charge in [-0.25, -0.2) is 13.4 Å². The van der Waals surface area contributed by atoms with Gasteiger partial charge in [0.2, 0.25) is 0 Å². The first-order valence-corrected chi connectivity index (χ1v) is 7.93. The Bertz CT molecular complexity index is 490. The predicted octanol–water partition coefficient (Wildman–Crippen LogP) is 1.45. The van der Waals surface area contributed by atoms with E-state index in [1.165, 1.54) is 0 Å². The molecule has 1 aromatic heterocycles. The van der Waals surface area contributed by atoms with Gasteiger partial charge >= 0.3 is 0 Å². The summed E-state index contributed by atoms with van der Waals surface area (Å²) in [7, 11) is -2.87. The maximum absolute atomic E-state index is 11.5. The number of hydrogen-bond acceptors (Lipinski definition) is 4. The van der Waals surface area contributed by atoms with Crippen LogP contribution >= 0.6 is 11.6 Å². The fourth-order valence-electron chi connectivity index (χ4n) is 1.89. The van der Waals surface area contributed by atoms with Crippen molar-refractivity contribution in [3.05, 3.63) is 23.9 Å². The number of sulfone groups is 1. The van der Waals surface area contributed by atoms with Gasteiger partial charge in [-0.2, -0.15) is 0 Å². The van der Waals surface area contributed by atoms with Crippen molar-refractivity contribution in [3.63, 3.8) is 0 Å². The molecular formula is C11H15ClN2O2S. The van der Waals surface area contributed by atoms with Crippen molar-refractivity contribution >= 4 is 27.3 Å². The van der Waals surface area contributed by atoms with Crippen LogP contribution in [0.4, 0.5) is 5.82 Å². The van der Waals surface area contributed by atoms with E-state index < -0.39 is 9.84 Å². The summed E-state index contributed by atoms with van der Waals surface area (Å²) in [4.78, 5) is 6.42. The van der Waals surface area contributed by atoms with Crippen molar-refractivity contribution in [2.75, 3.05) is 29.5 Å². The van der Waals surface area contributed by atoms with E-state index in [4.69, 9.17) is 11.6 Å². The normalized spacial score (nSPS) is 19.9. The van der Waals surface area contributed by atoms with Gasteiger partial charge in [0.05, 0.1) is 23.1 Å². The van der Waals surface area contributed by atoms with Gasteiger partial charge in [-0.1, -0.05) is 6.07 Å². The van der Waals surface area contributed by atoms with Crippen LogP contribution in [0.2, 0.25) is 0 Å². The highest BCUT2D eigenvalue weighted by atomic mass is 35.5. The second-order valence-electron chi connectivity index (χ2n) is 4.11. The number of rotatable bonds is 2. The quantitative estimate of drug-likeness (QED) is 0.766. The molecule has 4 nitrogen and oxygen atoms in total. The van der Waals surface area contributed by atoms with Gasteiger partial charge in [0.15, 0.2) is 9.84 Å². The van der Waals surface area contributed by atoms with Crippen LogP contribution in [0.15, 0.2) is 18.2 Å². The molecule has 0 N–H and O–H groups in total. The van der Waals surface area contributed by atoms with Crippen LogP contribution in [0.5, 0.6) is 0 Å². The number of hydrogen-bond donors (Lipinski definition) is 0. The van der Waals surface area contributed by atoms with Gasteiger partial charge in [-0.15, -0.1) is 11.6 Å². The number of alkyl halides is 1. The van der Waals surface area contributed by atoms with E-state index in [0.29, 0.717) is 18.8 Å². The van der Waals surface area contributed by atoms with Gasteiger partial charge < -0.3 is 4.90 Å². The standard InChI is InChI=1S/C11H15ClN2O2S/c12-9-10-3-1-4-11(13-10)14-5-2-7-17(15,16)8-6-14/h1,3-4H,2,5-9H2. The SMILES string of the molecule is O=S1(=O)CCCN(c2cccc(CCl)n2)CC1. The molecule has 0 bridgehead atoms. The number of anilines is 1. The first-order valence-electron chi connectivity index (χ1n) is 5.58. The number of aromatic nitrogens is 1. The van der Waals surface area contributed by atoms with Crippen molar-refractivity contribution in [3.8, 4) is 0 Å². The zero-order valence-corrected chi connectivity index (χ0v) is 11.0. The Hall–Kier alpha value is -0.810. The van der Waals surface area contributed by atoms with Gasteiger partial charge in [-0.05, 0) is 18.6 Å². The Balaban J connectivity index is 2.16. The number of pyridine rings is 1. The summed E-state index contributed by atoms with van der Waals surface area (Å²) in [6, 6.07) is 5.67. The summed E-state index contributed by atoms with van der Waals surface area (Å²) in [5.74, 6) is 1.68. The predicted molar refractivity (Wildman–Crippen MR) is 69.3 cm³/mol. The smallest absolute Gasteiger partial charge is 0.152 e. The van der Waals surface area contributed by atoms with E-state index in [0.717, 1.165) is 18.1 Å². The maximum atomic E-state index is 11.5. The highest BCUT2D eigenvalue weighted by Crippen LogP contribution is 2.15. The van der Waals surface area contributed by atoms with Crippen LogP contribution in [0.1, 0.15) is 12.1 Å². The largest absolute Gasteiger partial charge is 0.356 e. The lowest BCUT2D eigenvalue weighted by molar-refractivity contribution is 0.597. The topological polar surface area (TPSA) is 50.3 Å². The summed E-state index contributed by atoms with van der Waals surface area (Å²) < 4.78 is 23.0. The lowest BCUT2D eigenvalue weighted by Crippen LogP contribution is -2.27. The second kappa shape index (κ2) is 5.23. The Morgan fingerprint density at radius 3 is 2.88 bits per heavy atom. The molecule has 0 spiro atoms. The van der Waals surface area contributed by atoms with E-state index in [1.54, 1.807) is 0 Å². The van der Waals surface area contributed by atoms with E-state index in [2.05, 4.69) is 4.98 Å². The zero-order valence-electron chi connectivity index (χ0n) is 9.47. The molecule has 0 atom stereocenters. The Kier molecular flexibility index (Phi) is 3.89. The lowest BCUT2D eigenvalue weighted by atomic mass is 10.3. The van der Waals surface area contributed by atoms with E-state index in [9.17, 15) is 8.42 Å². The van der Waals surface area contributed by atoms with E-state index >= 15 is 0 Å². The van der Waals surface area contributed by atoms with Crippen molar-refractivity contribution in [1.29, 1.82) is 0 Å². The molecule has 17 heavy (non-hydrogen) atoms. The monoisotopic (exact) mass is 274 g/mol. The first-order chi connectivity index (χ1) is 8.11. The summed E-state index contributed by atoms with van der Waals surface area (Å²) in [5, 5.41) is 0. The summed E-state index contributed by atoms with van der Waals surface area (Å²) in [6.45, 7) is 1.25. The Morgan fingerprint density at radius 2 is 2.12 bits per heavy atom. The Morgan fingerprint density at radius 1 is 1.29 bits per heavy atom. The van der Waals surface area contributed by atoms with E-state index in [-0.39, 0.29) is 11.5 Å². The molecule has 0 saturated carbocycles. The average Bonchev–Trinajstić information content (AvgIpc) is 2.50. The van der Waals surface area contributed by atoms with Crippen LogP contribution in [0, 0.1) is 0 Å². The van der Waals surface area contributed by atoms with Crippen LogP contribution in [-0.2, 0) is 15.7 Å². The lowest BCUT2D eigenvalue weighted by Gasteiger charge is -2.21. The zero-order chi connectivity index (χ0) is 12.3. The first kappa shape index (κ1) is 12.6. The highest BCUT2D eigenvalue weighted by Gasteiger charge is 2.19. The summed E-state index contributed by atoms with van der Waals surface area (Å²) in [6.07, 6.45) is 0.662. The minimum atomic E-state index is -2.87. The van der Waals surface area contributed by atoms with E-state index in [1.807, 2.05) is 23.1 Å². The van der Waals surface area contributed by atoms with Gasteiger partial charge in [0.25, 0.3) is 0 Å². The third-order valence-corrected chi connectivity index (χ3v) is 4.80. The molecule has 1 aliphatic heterocycles. The van der Waals surface area contributed by atoms with Gasteiger partial charge in [0.1, 0.15) is 5.82 Å². The van der Waals surface area contributed by atoms with Crippen molar-refractivity contribution in [2.45, 2.75) is 12.3 Å². The van der Waals surface area contributed by atoms with Crippen molar-refractivity contribution in [1.82, 2.24) is 4.98 Å². The fraction of sp³-hybridized carbons (Fsp3) is 0.545. The maximum Gasteiger partial charge on any atom is 0.152 e. The minimum absolute atomic E-state index is 0.208. The third-order valence-electron chi connectivity index (χ3n) is 2.81. The van der Waals surface area contributed by atoms with Crippen molar-refractivity contribution < 1.29 is 8.42 Å². The Labute approximate surface area is 107 Å². The molecule has 1 aromatic rings. The van der Waals surface area contributed by atoms with Crippen molar-refractivity contribution in [2.24, 2.45) is 0 Å². The molecule has 2 heterocycles. The molecule has 1 saturated heterocycles. The molecule has 0 aromatic carbocycles. The molecule has 0 amide bonds.